The second-order valence-electron chi connectivity index (χ2n) is 7.22. The van der Waals surface area contributed by atoms with Crippen molar-refractivity contribution < 1.29 is 4.74 Å². The number of rotatable bonds is 5. The van der Waals surface area contributed by atoms with Crippen molar-refractivity contribution in [3.05, 3.63) is 29.9 Å². The van der Waals surface area contributed by atoms with Crippen LogP contribution in [0.4, 0.5) is 0 Å². The first-order valence-corrected chi connectivity index (χ1v) is 11.7. The van der Waals surface area contributed by atoms with Crippen molar-refractivity contribution in [2.75, 3.05) is 7.11 Å². The fourth-order valence-corrected chi connectivity index (χ4v) is 11.1. The number of halogens is 1. The summed E-state index contributed by atoms with van der Waals surface area (Å²) in [7, 11) is 0.309. The third kappa shape index (κ3) is 3.57. The van der Waals surface area contributed by atoms with Gasteiger partial charge in [0.25, 0.3) is 0 Å². The summed E-state index contributed by atoms with van der Waals surface area (Å²) >= 11 is 6.70. The highest BCUT2D eigenvalue weighted by Gasteiger charge is 2.47. The fourth-order valence-electron chi connectivity index (χ4n) is 4.80. The highest BCUT2D eigenvalue weighted by Crippen LogP contribution is 2.74. The van der Waals surface area contributed by atoms with Gasteiger partial charge in [0, 0.05) is 17.4 Å². The summed E-state index contributed by atoms with van der Waals surface area (Å²) in [6.45, 7) is 0. The van der Waals surface area contributed by atoms with Gasteiger partial charge in [0.05, 0.1) is 12.4 Å². The molecular weight excluding hydrogens is 323 g/mol. The SMILES string of the molecule is COc1cccc([P+]([CH-]Cl)(C2CCCCC2)C2CCCCC2)c1. The minimum atomic E-state index is -1.46. The molecule has 0 amide bonds. The summed E-state index contributed by atoms with van der Waals surface area (Å²) in [4.78, 5) is 0. The lowest BCUT2D eigenvalue weighted by Crippen LogP contribution is -2.34. The van der Waals surface area contributed by atoms with Gasteiger partial charge in [0.15, 0.2) is 0 Å². The van der Waals surface area contributed by atoms with Crippen molar-refractivity contribution in [3.63, 3.8) is 0 Å². The molecule has 0 aliphatic heterocycles. The molecule has 0 radical (unpaired) electrons. The molecule has 0 bridgehead atoms. The number of methoxy groups -OCH3 is 1. The van der Waals surface area contributed by atoms with E-state index < -0.39 is 7.26 Å². The van der Waals surface area contributed by atoms with Crippen molar-refractivity contribution >= 4 is 24.2 Å². The second-order valence-corrected chi connectivity index (χ2v) is 11.6. The zero-order valence-electron chi connectivity index (χ0n) is 14.3. The summed E-state index contributed by atoms with van der Waals surface area (Å²) < 4.78 is 5.53. The number of ether oxygens (including phenoxy) is 1. The summed E-state index contributed by atoms with van der Waals surface area (Å²) in [6.07, 6.45) is 13.8. The minimum absolute atomic E-state index is 0.795. The Morgan fingerprint density at radius 2 is 1.52 bits per heavy atom. The van der Waals surface area contributed by atoms with Crippen LogP contribution in [0.15, 0.2) is 24.3 Å². The number of hydrogen-bond donors (Lipinski definition) is 0. The van der Waals surface area contributed by atoms with Gasteiger partial charge in [-0.05, 0) is 63.5 Å². The molecule has 0 heterocycles. The van der Waals surface area contributed by atoms with Gasteiger partial charge in [-0.15, -0.1) is 0 Å². The molecule has 0 atom stereocenters. The van der Waals surface area contributed by atoms with Gasteiger partial charge in [0.1, 0.15) is 5.75 Å². The molecule has 1 aromatic carbocycles. The molecule has 3 rings (SSSR count). The predicted molar refractivity (Wildman–Crippen MR) is 103 cm³/mol. The van der Waals surface area contributed by atoms with E-state index in [0.29, 0.717) is 0 Å². The van der Waals surface area contributed by atoms with Gasteiger partial charge < -0.3 is 16.3 Å². The van der Waals surface area contributed by atoms with Gasteiger partial charge in [-0.1, -0.05) is 31.8 Å². The van der Waals surface area contributed by atoms with E-state index >= 15 is 0 Å². The quantitative estimate of drug-likeness (QED) is 0.442. The molecule has 0 N–H and O–H groups in total. The predicted octanol–water partition coefficient (Wildman–Crippen LogP) is 6.36. The Morgan fingerprint density at radius 3 is 2.00 bits per heavy atom. The fraction of sp³-hybridized carbons (Fsp3) is 0.650. The second kappa shape index (κ2) is 8.21. The smallest absolute Gasteiger partial charge is 0.122 e. The van der Waals surface area contributed by atoms with Crippen molar-refractivity contribution in [2.45, 2.75) is 75.5 Å². The first-order chi connectivity index (χ1) is 11.3. The Balaban J connectivity index is 2.02. The van der Waals surface area contributed by atoms with Crippen molar-refractivity contribution in [2.24, 2.45) is 0 Å². The maximum Gasteiger partial charge on any atom is 0.122 e. The number of benzene rings is 1. The van der Waals surface area contributed by atoms with E-state index in [1.165, 1.54) is 69.5 Å². The van der Waals surface area contributed by atoms with Crippen LogP contribution in [0.1, 0.15) is 64.2 Å². The number of hydrogen-bond acceptors (Lipinski definition) is 1. The molecule has 2 saturated carbocycles. The Bertz CT molecular complexity index is 474. The van der Waals surface area contributed by atoms with Crippen LogP contribution in [0.25, 0.3) is 0 Å². The minimum Gasteiger partial charge on any atom is -0.497 e. The zero-order chi connectivity index (χ0) is 16.1. The monoisotopic (exact) mass is 352 g/mol. The molecule has 3 heteroatoms. The standard InChI is InChI=1S/C20H30ClOP/c1-22-17-9-8-14-20(15-17)23(16-21,18-10-4-2-5-11-18)19-12-6-3-7-13-19/h8-9,14-16,18-19H,2-7,10-13H2,1H3. The van der Waals surface area contributed by atoms with Crippen LogP contribution < -0.4 is 10.0 Å². The lowest BCUT2D eigenvalue weighted by Gasteiger charge is -2.48. The molecule has 2 aliphatic carbocycles. The summed E-state index contributed by atoms with van der Waals surface area (Å²) in [5.41, 5.74) is 3.75. The maximum atomic E-state index is 6.70. The van der Waals surface area contributed by atoms with Crippen LogP contribution in [0, 0.1) is 5.62 Å². The van der Waals surface area contributed by atoms with Crippen molar-refractivity contribution in [1.82, 2.24) is 0 Å². The van der Waals surface area contributed by atoms with Crippen LogP contribution in [-0.4, -0.2) is 18.4 Å². The van der Waals surface area contributed by atoms with E-state index in [1.54, 1.807) is 7.11 Å². The van der Waals surface area contributed by atoms with Crippen molar-refractivity contribution in [3.8, 4) is 5.75 Å². The summed E-state index contributed by atoms with van der Waals surface area (Å²) in [6, 6.07) is 8.84. The van der Waals surface area contributed by atoms with Crippen LogP contribution in [-0.2, 0) is 0 Å². The highest BCUT2D eigenvalue weighted by molar-refractivity contribution is 7.87. The van der Waals surface area contributed by atoms with E-state index in [1.807, 2.05) is 0 Å². The molecule has 0 aromatic heterocycles. The molecule has 1 nitrogen and oxygen atoms in total. The topological polar surface area (TPSA) is 9.23 Å². The van der Waals surface area contributed by atoms with Gasteiger partial charge >= 0.3 is 0 Å². The van der Waals surface area contributed by atoms with Crippen LogP contribution in [0.5, 0.6) is 5.75 Å². The van der Waals surface area contributed by atoms with Crippen LogP contribution in [0.3, 0.4) is 0 Å². The van der Waals surface area contributed by atoms with Crippen LogP contribution >= 0.6 is 18.9 Å². The van der Waals surface area contributed by atoms with Gasteiger partial charge in [-0.3, -0.25) is 0 Å². The third-order valence-corrected chi connectivity index (χ3v) is 11.9. The summed E-state index contributed by atoms with van der Waals surface area (Å²) in [5, 5.41) is 1.49. The van der Waals surface area contributed by atoms with E-state index in [4.69, 9.17) is 16.3 Å². The van der Waals surface area contributed by atoms with Gasteiger partial charge in [0.2, 0.25) is 0 Å². The van der Waals surface area contributed by atoms with Gasteiger partial charge in [-0.2, -0.15) is 0 Å². The first-order valence-electron chi connectivity index (χ1n) is 9.28. The summed E-state index contributed by atoms with van der Waals surface area (Å²) in [5.74, 6) is 0.983. The van der Waals surface area contributed by atoms with E-state index in [0.717, 1.165) is 17.1 Å². The van der Waals surface area contributed by atoms with Crippen LogP contribution in [0.2, 0.25) is 0 Å². The van der Waals surface area contributed by atoms with E-state index in [-0.39, 0.29) is 0 Å². The Hall–Kier alpha value is -0.260. The first kappa shape index (κ1) is 17.6. The van der Waals surface area contributed by atoms with Gasteiger partial charge in [-0.25, -0.2) is 0 Å². The lowest BCUT2D eigenvalue weighted by atomic mass is 9.99. The Morgan fingerprint density at radius 1 is 0.957 bits per heavy atom. The van der Waals surface area contributed by atoms with E-state index in [2.05, 4.69) is 29.9 Å². The zero-order valence-corrected chi connectivity index (χ0v) is 16.0. The lowest BCUT2D eigenvalue weighted by molar-refractivity contribution is 0.415. The molecule has 1 aromatic rings. The average Bonchev–Trinajstić information content (AvgIpc) is 2.65. The normalized spacial score (nSPS) is 21.3. The molecule has 0 spiro atoms. The molecule has 128 valence electrons. The third-order valence-electron chi connectivity index (χ3n) is 6.02. The molecule has 2 fully saturated rings. The largest absolute Gasteiger partial charge is 0.497 e. The Kier molecular flexibility index (Phi) is 6.27. The molecule has 23 heavy (non-hydrogen) atoms. The molecule has 0 saturated heterocycles. The maximum absolute atomic E-state index is 6.70. The molecular formula is C20H30ClOP. The average molecular weight is 353 g/mol. The molecule has 0 unspecified atom stereocenters. The van der Waals surface area contributed by atoms with Crippen molar-refractivity contribution in [1.29, 1.82) is 0 Å². The highest BCUT2D eigenvalue weighted by atomic mass is 35.5. The Labute approximate surface area is 147 Å². The molecule has 2 aliphatic rings. The van der Waals surface area contributed by atoms with E-state index in [9.17, 15) is 0 Å².